The van der Waals surface area contributed by atoms with Crippen LogP contribution in [-0.2, 0) is 7.05 Å². The molecule has 7 heteroatoms. The van der Waals surface area contributed by atoms with Gasteiger partial charge in [0, 0.05) is 12.6 Å². The smallest absolute Gasteiger partial charge is 0.358 e. The van der Waals surface area contributed by atoms with E-state index < -0.39 is 11.8 Å². The fraction of sp³-hybridized carbons (Fsp3) is 0.100. The third-order valence-electron chi connectivity index (χ3n) is 2.11. The number of halogens is 2. The van der Waals surface area contributed by atoms with E-state index in [0.717, 1.165) is 10.9 Å². The zero-order valence-electron chi connectivity index (χ0n) is 8.69. The third-order valence-corrected chi connectivity index (χ3v) is 2.40. The normalized spacial score (nSPS) is 10.5. The molecule has 2 aromatic rings. The number of carboxylic acids is 1. The van der Waals surface area contributed by atoms with Crippen molar-refractivity contribution in [3.63, 3.8) is 0 Å². The molecule has 5 nitrogen and oxygen atoms in total. The summed E-state index contributed by atoms with van der Waals surface area (Å²) in [6.07, 6.45) is 0. The van der Waals surface area contributed by atoms with Crippen LogP contribution in [0.4, 0.5) is 4.39 Å². The second kappa shape index (κ2) is 4.14. The van der Waals surface area contributed by atoms with Gasteiger partial charge in [-0.25, -0.2) is 9.18 Å². The zero-order chi connectivity index (χ0) is 12.6. The van der Waals surface area contributed by atoms with Gasteiger partial charge in [-0.3, -0.25) is 0 Å². The van der Waals surface area contributed by atoms with Gasteiger partial charge in [0.15, 0.2) is 5.69 Å². The van der Waals surface area contributed by atoms with Gasteiger partial charge < -0.3 is 5.11 Å². The van der Waals surface area contributed by atoms with Gasteiger partial charge in [0.25, 0.3) is 0 Å². The molecule has 1 aromatic carbocycles. The number of aromatic carboxylic acids is 1. The summed E-state index contributed by atoms with van der Waals surface area (Å²) in [6.45, 7) is 0. The highest BCUT2D eigenvalue weighted by Gasteiger charge is 2.18. The molecule has 0 aliphatic carbocycles. The summed E-state index contributed by atoms with van der Waals surface area (Å²) in [4.78, 5) is 12.1. The lowest BCUT2D eigenvalue weighted by Gasteiger charge is -1.99. The van der Waals surface area contributed by atoms with E-state index in [4.69, 9.17) is 16.7 Å². The zero-order valence-corrected chi connectivity index (χ0v) is 9.44. The summed E-state index contributed by atoms with van der Waals surface area (Å²) in [7, 11) is 1.50. The monoisotopic (exact) mass is 255 g/mol. The molecule has 0 saturated heterocycles. The molecule has 0 spiro atoms. The van der Waals surface area contributed by atoms with E-state index in [1.807, 2.05) is 0 Å². The molecular weight excluding hydrogens is 249 g/mol. The van der Waals surface area contributed by atoms with Crippen molar-refractivity contribution in [3.05, 3.63) is 34.7 Å². The molecule has 88 valence electrons. The van der Waals surface area contributed by atoms with Crippen molar-refractivity contribution in [3.8, 4) is 11.3 Å². The first-order valence-electron chi connectivity index (χ1n) is 4.59. The average molecular weight is 256 g/mol. The van der Waals surface area contributed by atoms with E-state index in [-0.39, 0.29) is 16.4 Å². The van der Waals surface area contributed by atoms with Crippen LogP contribution < -0.4 is 0 Å². The number of nitrogens with zero attached hydrogens (tertiary/aromatic N) is 3. The number of rotatable bonds is 2. The molecule has 1 N–H and O–H groups in total. The van der Waals surface area contributed by atoms with Crippen LogP contribution in [-0.4, -0.2) is 26.1 Å². The molecule has 0 amide bonds. The van der Waals surface area contributed by atoms with Crippen molar-refractivity contribution in [2.75, 3.05) is 0 Å². The number of aromatic nitrogens is 3. The Labute approximate surface area is 100 Å². The second-order valence-corrected chi connectivity index (χ2v) is 3.73. The van der Waals surface area contributed by atoms with Gasteiger partial charge in [0.2, 0.25) is 0 Å². The van der Waals surface area contributed by atoms with Gasteiger partial charge in [-0.05, 0) is 18.2 Å². The van der Waals surface area contributed by atoms with Crippen LogP contribution in [0.15, 0.2) is 18.2 Å². The highest BCUT2D eigenvalue weighted by molar-refractivity contribution is 6.31. The maximum Gasteiger partial charge on any atom is 0.358 e. The Bertz CT molecular complexity index is 597. The molecule has 1 aromatic heterocycles. The minimum atomic E-state index is -1.20. The van der Waals surface area contributed by atoms with Crippen molar-refractivity contribution in [1.82, 2.24) is 15.0 Å². The highest BCUT2D eigenvalue weighted by Crippen LogP contribution is 2.25. The average Bonchev–Trinajstić information content (AvgIpc) is 2.64. The van der Waals surface area contributed by atoms with E-state index in [0.29, 0.717) is 5.56 Å². The van der Waals surface area contributed by atoms with Crippen molar-refractivity contribution >= 4 is 17.6 Å². The van der Waals surface area contributed by atoms with Gasteiger partial charge in [0.05, 0.1) is 5.02 Å². The fourth-order valence-electron chi connectivity index (χ4n) is 1.39. The summed E-state index contributed by atoms with van der Waals surface area (Å²) < 4.78 is 13.0. The minimum absolute atomic E-state index is 0.0931. The lowest BCUT2D eigenvalue weighted by Crippen LogP contribution is -2.00. The summed E-state index contributed by atoms with van der Waals surface area (Å²) in [5.41, 5.74) is 0.360. The van der Waals surface area contributed by atoms with E-state index >= 15 is 0 Å². The Kier molecular flexibility index (Phi) is 2.81. The van der Waals surface area contributed by atoms with Gasteiger partial charge in [-0.1, -0.05) is 11.6 Å². The molecule has 17 heavy (non-hydrogen) atoms. The van der Waals surface area contributed by atoms with Crippen molar-refractivity contribution in [2.24, 2.45) is 7.05 Å². The number of aryl methyl sites for hydroxylation is 1. The van der Waals surface area contributed by atoms with Gasteiger partial charge in [-0.2, -0.15) is 9.90 Å². The molecule has 0 saturated carbocycles. The Morgan fingerprint density at radius 2 is 2.18 bits per heavy atom. The molecular formula is C10H7ClFN3O2. The predicted molar refractivity (Wildman–Crippen MR) is 58.4 cm³/mol. The number of carbonyl (C=O) groups is 1. The van der Waals surface area contributed by atoms with Crippen LogP contribution in [0.1, 0.15) is 10.5 Å². The van der Waals surface area contributed by atoms with E-state index in [9.17, 15) is 9.18 Å². The van der Waals surface area contributed by atoms with Crippen LogP contribution in [0, 0.1) is 5.82 Å². The van der Waals surface area contributed by atoms with Crippen LogP contribution in [0.5, 0.6) is 0 Å². The number of benzene rings is 1. The van der Waals surface area contributed by atoms with Crippen molar-refractivity contribution < 1.29 is 14.3 Å². The Morgan fingerprint density at radius 1 is 1.47 bits per heavy atom. The lowest BCUT2D eigenvalue weighted by atomic mass is 10.1. The van der Waals surface area contributed by atoms with Crippen LogP contribution in [0.2, 0.25) is 5.02 Å². The summed E-state index contributed by atoms with van der Waals surface area (Å²) in [6, 6.07) is 3.86. The standard InChI is InChI=1S/C10H7ClFN3O2/c1-15-13-8(9(14-15)10(16)17)5-2-3-7(12)6(11)4-5/h2-4H,1H3,(H,16,17). The van der Waals surface area contributed by atoms with Crippen LogP contribution in [0.3, 0.4) is 0 Å². The SMILES string of the molecule is Cn1nc(C(=O)O)c(-c2ccc(F)c(Cl)c2)n1. The number of carboxylic acid groups (broad SMARTS) is 1. The molecule has 1 heterocycles. The Balaban J connectivity index is 2.59. The van der Waals surface area contributed by atoms with E-state index in [1.54, 1.807) is 0 Å². The highest BCUT2D eigenvalue weighted by atomic mass is 35.5. The molecule has 0 aliphatic heterocycles. The predicted octanol–water partition coefficient (Wildman–Crippen LogP) is 1.97. The van der Waals surface area contributed by atoms with E-state index in [1.165, 1.54) is 19.2 Å². The van der Waals surface area contributed by atoms with Crippen LogP contribution in [0.25, 0.3) is 11.3 Å². The maximum absolute atomic E-state index is 13.0. The maximum atomic E-state index is 13.0. The van der Waals surface area contributed by atoms with Crippen LogP contribution >= 0.6 is 11.6 Å². The third kappa shape index (κ3) is 2.12. The number of hydrogen-bond acceptors (Lipinski definition) is 3. The number of hydrogen-bond donors (Lipinski definition) is 1. The summed E-state index contributed by atoms with van der Waals surface area (Å²) in [5, 5.41) is 16.5. The summed E-state index contributed by atoms with van der Waals surface area (Å²) in [5.74, 6) is -1.77. The molecule has 0 atom stereocenters. The first-order chi connectivity index (χ1) is 7.99. The largest absolute Gasteiger partial charge is 0.476 e. The molecule has 2 rings (SSSR count). The molecule has 0 fully saturated rings. The lowest BCUT2D eigenvalue weighted by molar-refractivity contribution is 0.0690. The fourth-order valence-corrected chi connectivity index (χ4v) is 1.57. The van der Waals surface area contributed by atoms with Gasteiger partial charge in [0.1, 0.15) is 11.5 Å². The van der Waals surface area contributed by atoms with Gasteiger partial charge in [-0.15, -0.1) is 5.10 Å². The van der Waals surface area contributed by atoms with Crippen molar-refractivity contribution in [2.45, 2.75) is 0 Å². The topological polar surface area (TPSA) is 68.0 Å². The Morgan fingerprint density at radius 3 is 2.76 bits per heavy atom. The quantitative estimate of drug-likeness (QED) is 0.891. The van der Waals surface area contributed by atoms with E-state index in [2.05, 4.69) is 10.2 Å². The molecule has 0 radical (unpaired) electrons. The molecule has 0 unspecified atom stereocenters. The first-order valence-corrected chi connectivity index (χ1v) is 4.97. The second-order valence-electron chi connectivity index (χ2n) is 3.32. The van der Waals surface area contributed by atoms with Gasteiger partial charge >= 0.3 is 5.97 Å². The summed E-state index contributed by atoms with van der Waals surface area (Å²) >= 11 is 5.63. The molecule has 0 bridgehead atoms. The minimum Gasteiger partial charge on any atom is -0.476 e. The molecule has 0 aliphatic rings. The van der Waals surface area contributed by atoms with Crippen molar-refractivity contribution in [1.29, 1.82) is 0 Å². The Hall–Kier alpha value is -1.95. The first kappa shape index (κ1) is 11.5.